The van der Waals surface area contributed by atoms with E-state index >= 15 is 0 Å². The highest BCUT2D eigenvalue weighted by Crippen LogP contribution is 2.29. The summed E-state index contributed by atoms with van der Waals surface area (Å²) in [6, 6.07) is 3.79. The van der Waals surface area contributed by atoms with Gasteiger partial charge < -0.3 is 14.1 Å². The lowest BCUT2D eigenvalue weighted by atomic mass is 9.94. The minimum absolute atomic E-state index is 0.0575. The van der Waals surface area contributed by atoms with E-state index < -0.39 is 5.97 Å². The van der Waals surface area contributed by atoms with Crippen molar-refractivity contribution in [1.82, 2.24) is 14.5 Å². The van der Waals surface area contributed by atoms with Crippen LogP contribution < -0.4 is 0 Å². The molecule has 0 saturated heterocycles. The zero-order valence-electron chi connectivity index (χ0n) is 18.5. The Morgan fingerprint density at radius 3 is 2.59 bits per heavy atom. The lowest BCUT2D eigenvalue weighted by Gasteiger charge is -2.10. The number of ketones is 1. The molecule has 0 saturated carbocycles. The van der Waals surface area contributed by atoms with Crippen LogP contribution in [0, 0.1) is 17.2 Å². The van der Waals surface area contributed by atoms with Gasteiger partial charge in [0.1, 0.15) is 18.0 Å². The van der Waals surface area contributed by atoms with E-state index in [4.69, 9.17) is 9.52 Å². The van der Waals surface area contributed by atoms with Gasteiger partial charge in [0.05, 0.1) is 11.8 Å². The van der Waals surface area contributed by atoms with E-state index in [-0.39, 0.29) is 24.5 Å². The molecular formula is C24H28N4O4. The molecule has 0 aliphatic rings. The molecule has 32 heavy (non-hydrogen) atoms. The summed E-state index contributed by atoms with van der Waals surface area (Å²) in [6.45, 7) is 1.77. The standard InChI is InChI=1S/C24H28N4O4/c1-16(12-22(30)31)11-20(29)23-18-13-17(14-25)15-27-24(18)28(2)19(23)7-5-3-4-6-8-21-26-9-10-32-21/h9-10,13,15-16H,3-8,11-12H2,1-2H3,(H,30,31)/t16-/m0/s1. The maximum Gasteiger partial charge on any atom is 0.303 e. The summed E-state index contributed by atoms with van der Waals surface area (Å²) in [7, 11) is 1.89. The van der Waals surface area contributed by atoms with Crippen molar-refractivity contribution in [3.8, 4) is 6.07 Å². The molecule has 0 spiro atoms. The van der Waals surface area contributed by atoms with Crippen LogP contribution in [0.2, 0.25) is 0 Å². The highest BCUT2D eigenvalue weighted by Gasteiger charge is 2.24. The van der Waals surface area contributed by atoms with Crippen LogP contribution in [-0.2, 0) is 24.7 Å². The van der Waals surface area contributed by atoms with Crippen LogP contribution in [0.15, 0.2) is 29.1 Å². The Bertz CT molecular complexity index is 1130. The predicted molar refractivity (Wildman–Crippen MR) is 118 cm³/mol. The molecule has 0 radical (unpaired) electrons. The van der Waals surface area contributed by atoms with E-state index in [0.717, 1.165) is 43.7 Å². The molecule has 0 amide bonds. The van der Waals surface area contributed by atoms with Crippen molar-refractivity contribution in [2.24, 2.45) is 13.0 Å². The van der Waals surface area contributed by atoms with Crippen LogP contribution in [-0.4, -0.2) is 31.4 Å². The van der Waals surface area contributed by atoms with Gasteiger partial charge in [-0.2, -0.15) is 5.26 Å². The predicted octanol–water partition coefficient (Wildman–Crippen LogP) is 4.46. The Morgan fingerprint density at radius 2 is 1.94 bits per heavy atom. The minimum Gasteiger partial charge on any atom is -0.481 e. The van der Waals surface area contributed by atoms with Crippen molar-refractivity contribution >= 4 is 22.8 Å². The second-order valence-electron chi connectivity index (χ2n) is 8.26. The number of aliphatic carboxylic acids is 1. The van der Waals surface area contributed by atoms with Gasteiger partial charge in [-0.15, -0.1) is 0 Å². The van der Waals surface area contributed by atoms with Crippen LogP contribution in [0.3, 0.4) is 0 Å². The van der Waals surface area contributed by atoms with E-state index in [9.17, 15) is 14.9 Å². The summed E-state index contributed by atoms with van der Waals surface area (Å²) >= 11 is 0. The molecule has 8 nitrogen and oxygen atoms in total. The fraction of sp³-hybridized carbons (Fsp3) is 0.458. The number of carboxylic acids is 1. The van der Waals surface area contributed by atoms with Crippen LogP contribution in [0.4, 0.5) is 0 Å². The summed E-state index contributed by atoms with van der Waals surface area (Å²) in [5, 5.41) is 19.0. The average molecular weight is 437 g/mol. The first-order chi connectivity index (χ1) is 15.4. The lowest BCUT2D eigenvalue weighted by Crippen LogP contribution is -2.12. The van der Waals surface area contributed by atoms with Gasteiger partial charge in [0.15, 0.2) is 11.7 Å². The molecule has 3 rings (SSSR count). The topological polar surface area (TPSA) is 122 Å². The molecule has 0 unspecified atom stereocenters. The molecular weight excluding hydrogens is 408 g/mol. The maximum absolute atomic E-state index is 13.2. The number of carboxylic acid groups (broad SMARTS) is 1. The highest BCUT2D eigenvalue weighted by atomic mass is 16.4. The number of unbranched alkanes of at least 4 members (excludes halogenated alkanes) is 3. The fourth-order valence-corrected chi connectivity index (χ4v) is 4.11. The average Bonchev–Trinajstić information content (AvgIpc) is 3.36. The molecule has 3 aromatic heterocycles. The third-order valence-electron chi connectivity index (χ3n) is 5.65. The molecule has 3 heterocycles. The lowest BCUT2D eigenvalue weighted by molar-refractivity contribution is -0.137. The number of hydrogen-bond acceptors (Lipinski definition) is 6. The van der Waals surface area contributed by atoms with Crippen LogP contribution >= 0.6 is 0 Å². The van der Waals surface area contributed by atoms with Gasteiger partial charge in [-0.05, 0) is 31.2 Å². The number of aromatic nitrogens is 3. The zero-order chi connectivity index (χ0) is 23.1. The first-order valence-corrected chi connectivity index (χ1v) is 10.9. The van der Waals surface area contributed by atoms with Gasteiger partial charge in [0.2, 0.25) is 0 Å². The number of carbonyl (C=O) groups is 2. The number of Topliss-reactive ketones (excluding diaryl/α,β-unsaturated/α-hetero) is 1. The van der Waals surface area contributed by atoms with Crippen molar-refractivity contribution < 1.29 is 19.1 Å². The molecule has 0 aliphatic heterocycles. The number of hydrogen-bond donors (Lipinski definition) is 1. The third-order valence-corrected chi connectivity index (χ3v) is 5.65. The summed E-state index contributed by atoms with van der Waals surface area (Å²) < 4.78 is 7.19. The molecule has 0 aromatic carbocycles. The number of nitrogens with zero attached hydrogens (tertiary/aromatic N) is 4. The molecule has 168 valence electrons. The molecule has 0 aliphatic carbocycles. The smallest absolute Gasteiger partial charge is 0.303 e. The Morgan fingerprint density at radius 1 is 1.19 bits per heavy atom. The summed E-state index contributed by atoms with van der Waals surface area (Å²) in [4.78, 5) is 32.8. The normalized spacial score (nSPS) is 12.0. The number of nitriles is 1. The second kappa shape index (κ2) is 10.7. The molecule has 1 N–H and O–H groups in total. The number of aryl methyl sites for hydroxylation is 2. The first kappa shape index (κ1) is 23.2. The van der Waals surface area contributed by atoms with E-state index in [2.05, 4.69) is 16.0 Å². The second-order valence-corrected chi connectivity index (χ2v) is 8.26. The minimum atomic E-state index is -0.915. The monoisotopic (exact) mass is 436 g/mol. The van der Waals surface area contributed by atoms with E-state index in [1.54, 1.807) is 25.5 Å². The SMILES string of the molecule is C[C@H](CC(=O)O)CC(=O)c1c(CCCCCCc2ncco2)n(C)c2ncc(C#N)cc12. The molecule has 8 heteroatoms. The molecule has 1 atom stereocenters. The van der Waals surface area contributed by atoms with E-state index in [1.165, 1.54) is 6.20 Å². The van der Waals surface area contributed by atoms with Crippen molar-refractivity contribution in [2.75, 3.05) is 0 Å². The Balaban J connectivity index is 1.75. The van der Waals surface area contributed by atoms with Gasteiger partial charge >= 0.3 is 5.97 Å². The number of pyridine rings is 1. The van der Waals surface area contributed by atoms with Gasteiger partial charge in [-0.3, -0.25) is 9.59 Å². The Hall–Kier alpha value is -3.47. The highest BCUT2D eigenvalue weighted by molar-refractivity contribution is 6.09. The van der Waals surface area contributed by atoms with Gasteiger partial charge in [0.25, 0.3) is 0 Å². The quantitative estimate of drug-likeness (QED) is 0.328. The van der Waals surface area contributed by atoms with E-state index in [0.29, 0.717) is 28.6 Å². The van der Waals surface area contributed by atoms with Gasteiger partial charge in [0, 0.05) is 49.2 Å². The maximum atomic E-state index is 13.2. The van der Waals surface area contributed by atoms with Gasteiger partial charge in [-0.1, -0.05) is 19.8 Å². The van der Waals surface area contributed by atoms with Gasteiger partial charge in [-0.25, -0.2) is 9.97 Å². The zero-order valence-corrected chi connectivity index (χ0v) is 18.5. The molecule has 3 aromatic rings. The first-order valence-electron chi connectivity index (χ1n) is 10.9. The van der Waals surface area contributed by atoms with E-state index in [1.807, 2.05) is 11.6 Å². The summed E-state index contributed by atoms with van der Waals surface area (Å²) in [5.74, 6) is -0.534. The number of carbonyl (C=O) groups excluding carboxylic acids is 1. The Labute approximate surface area is 186 Å². The molecule has 0 bridgehead atoms. The van der Waals surface area contributed by atoms with Crippen LogP contribution in [0.25, 0.3) is 11.0 Å². The molecule has 0 fully saturated rings. The number of rotatable bonds is 12. The fourth-order valence-electron chi connectivity index (χ4n) is 4.11. The number of oxazole rings is 1. The summed E-state index contributed by atoms with van der Waals surface area (Å²) in [5.41, 5.74) is 2.53. The Kier molecular flexibility index (Phi) is 7.77. The van der Waals surface area contributed by atoms with Crippen LogP contribution in [0.1, 0.15) is 73.0 Å². The van der Waals surface area contributed by atoms with Crippen molar-refractivity contribution in [2.45, 2.75) is 58.3 Å². The largest absolute Gasteiger partial charge is 0.481 e. The number of fused-ring (bicyclic) bond motifs is 1. The van der Waals surface area contributed by atoms with Crippen molar-refractivity contribution in [3.63, 3.8) is 0 Å². The van der Waals surface area contributed by atoms with Crippen molar-refractivity contribution in [3.05, 3.63) is 47.4 Å². The summed E-state index contributed by atoms with van der Waals surface area (Å²) in [6.07, 6.45) is 10.3. The third kappa shape index (κ3) is 5.61. The van der Waals surface area contributed by atoms with Crippen LogP contribution in [0.5, 0.6) is 0 Å². The van der Waals surface area contributed by atoms with Crippen molar-refractivity contribution in [1.29, 1.82) is 5.26 Å².